The van der Waals surface area contributed by atoms with E-state index in [1.54, 1.807) is 7.11 Å². The number of hydrogen-bond acceptors (Lipinski definition) is 4. The molecule has 0 aliphatic heterocycles. The molecule has 4 nitrogen and oxygen atoms in total. The monoisotopic (exact) mass is 307 g/mol. The summed E-state index contributed by atoms with van der Waals surface area (Å²) < 4.78 is 16.6. The molecule has 0 radical (unpaired) electrons. The van der Waals surface area contributed by atoms with Crippen LogP contribution in [0, 0.1) is 0 Å². The van der Waals surface area contributed by atoms with Crippen LogP contribution >= 0.6 is 0 Å². The van der Waals surface area contributed by atoms with E-state index in [0.29, 0.717) is 25.9 Å². The second kappa shape index (κ2) is 11.1. The lowest BCUT2D eigenvalue weighted by Crippen LogP contribution is -2.29. The molecule has 22 heavy (non-hydrogen) atoms. The van der Waals surface area contributed by atoms with E-state index in [2.05, 4.69) is 19.2 Å². The van der Waals surface area contributed by atoms with Gasteiger partial charge in [-0.05, 0) is 38.0 Å². The average Bonchev–Trinajstić information content (AvgIpc) is 2.54. The molecule has 1 aromatic rings. The van der Waals surface area contributed by atoms with E-state index >= 15 is 0 Å². The van der Waals surface area contributed by atoms with Crippen LogP contribution in [0.1, 0.15) is 32.8 Å². The third-order valence-corrected chi connectivity index (χ3v) is 3.38. The molecule has 0 bridgehead atoms. The third kappa shape index (κ3) is 6.96. The number of methoxy groups -OCH3 is 1. The van der Waals surface area contributed by atoms with Crippen LogP contribution < -0.4 is 14.8 Å². The maximum atomic E-state index is 5.72. The Labute approximate surface area is 134 Å². The van der Waals surface area contributed by atoms with Gasteiger partial charge in [0, 0.05) is 12.6 Å². The van der Waals surface area contributed by atoms with Crippen LogP contribution in [0.15, 0.2) is 24.3 Å². The van der Waals surface area contributed by atoms with Crippen LogP contribution in [0.4, 0.5) is 0 Å². The van der Waals surface area contributed by atoms with Gasteiger partial charge in [-0.15, -0.1) is 0 Å². The lowest BCUT2D eigenvalue weighted by Gasteiger charge is -2.13. The van der Waals surface area contributed by atoms with Crippen molar-refractivity contribution in [1.29, 1.82) is 0 Å². The zero-order valence-corrected chi connectivity index (χ0v) is 14.2. The molecule has 1 rings (SSSR count). The maximum absolute atomic E-state index is 5.72. The first kappa shape index (κ1) is 18.5. The van der Waals surface area contributed by atoms with Gasteiger partial charge < -0.3 is 19.5 Å². The summed E-state index contributed by atoms with van der Waals surface area (Å²) >= 11 is 0. The first-order valence-electron chi connectivity index (χ1n) is 7.95. The van der Waals surface area contributed by atoms with Crippen LogP contribution in [0.5, 0.6) is 11.5 Å². The summed E-state index contributed by atoms with van der Waals surface area (Å²) in [6.07, 6.45) is 5.16. The lowest BCUT2D eigenvalue weighted by molar-refractivity contribution is 0.0994. The Hall–Kier alpha value is -1.52. The first-order valence-corrected chi connectivity index (χ1v) is 7.95. The van der Waals surface area contributed by atoms with E-state index in [9.17, 15) is 0 Å². The van der Waals surface area contributed by atoms with Gasteiger partial charge in [0.2, 0.25) is 0 Å². The van der Waals surface area contributed by atoms with Gasteiger partial charge in [-0.1, -0.05) is 25.1 Å². The number of rotatable bonds is 11. The minimum Gasteiger partial charge on any atom is -0.493 e. The van der Waals surface area contributed by atoms with Crippen LogP contribution in [-0.2, 0) is 4.74 Å². The molecule has 0 saturated carbocycles. The molecule has 0 heterocycles. The zero-order chi connectivity index (χ0) is 16.2. The second-order valence-corrected chi connectivity index (χ2v) is 5.13. The highest BCUT2D eigenvalue weighted by Crippen LogP contribution is 2.28. The van der Waals surface area contributed by atoms with Gasteiger partial charge in [-0.3, -0.25) is 0 Å². The Morgan fingerprint density at radius 3 is 2.68 bits per heavy atom. The molecule has 1 N–H and O–H groups in total. The van der Waals surface area contributed by atoms with Crippen molar-refractivity contribution in [1.82, 2.24) is 5.32 Å². The summed E-state index contributed by atoms with van der Waals surface area (Å²) in [5.74, 6) is 1.49. The number of benzene rings is 1. The van der Waals surface area contributed by atoms with Crippen molar-refractivity contribution in [3.8, 4) is 11.5 Å². The van der Waals surface area contributed by atoms with Crippen LogP contribution in [-0.4, -0.2) is 39.5 Å². The third-order valence-electron chi connectivity index (χ3n) is 3.38. The molecule has 0 aliphatic rings. The Morgan fingerprint density at radius 2 is 2.00 bits per heavy atom. The molecule has 0 spiro atoms. The quantitative estimate of drug-likeness (QED) is 0.635. The van der Waals surface area contributed by atoms with Gasteiger partial charge in [-0.2, -0.15) is 0 Å². The van der Waals surface area contributed by atoms with E-state index in [-0.39, 0.29) is 0 Å². The van der Waals surface area contributed by atoms with Crippen molar-refractivity contribution in [3.63, 3.8) is 0 Å². The summed E-state index contributed by atoms with van der Waals surface area (Å²) in [5, 5.41) is 3.39. The Morgan fingerprint density at radius 1 is 1.18 bits per heavy atom. The van der Waals surface area contributed by atoms with E-state index in [1.165, 1.54) is 0 Å². The zero-order valence-electron chi connectivity index (χ0n) is 14.2. The average molecular weight is 307 g/mol. The van der Waals surface area contributed by atoms with Crippen molar-refractivity contribution in [2.75, 3.05) is 33.5 Å². The highest BCUT2D eigenvalue weighted by Gasteiger charge is 2.04. The van der Waals surface area contributed by atoms with Crippen molar-refractivity contribution >= 4 is 6.08 Å². The number of ether oxygens (including phenoxy) is 3. The summed E-state index contributed by atoms with van der Waals surface area (Å²) in [6, 6.07) is 6.44. The smallest absolute Gasteiger partial charge is 0.161 e. The first-order chi connectivity index (χ1) is 10.7. The van der Waals surface area contributed by atoms with Crippen LogP contribution in [0.3, 0.4) is 0 Å². The maximum Gasteiger partial charge on any atom is 0.161 e. The van der Waals surface area contributed by atoms with Crippen LogP contribution in [0.25, 0.3) is 6.08 Å². The fourth-order valence-corrected chi connectivity index (χ4v) is 1.93. The molecule has 0 amide bonds. The number of nitrogens with one attached hydrogen (secondary N) is 1. The molecular weight excluding hydrogens is 278 g/mol. The van der Waals surface area contributed by atoms with Gasteiger partial charge in [0.1, 0.15) is 6.61 Å². The normalized spacial score (nSPS) is 12.5. The van der Waals surface area contributed by atoms with Crippen molar-refractivity contribution in [3.05, 3.63) is 29.8 Å². The molecule has 0 saturated heterocycles. The molecule has 0 aliphatic carbocycles. The van der Waals surface area contributed by atoms with E-state index in [0.717, 1.165) is 30.0 Å². The number of allylic oxidation sites excluding steroid dienone is 1. The minimum absolute atomic E-state index is 0.517. The Bertz CT molecular complexity index is 446. The lowest BCUT2D eigenvalue weighted by atomic mass is 10.2. The summed E-state index contributed by atoms with van der Waals surface area (Å²) in [7, 11) is 1.65. The molecule has 0 unspecified atom stereocenters. The topological polar surface area (TPSA) is 39.7 Å². The minimum atomic E-state index is 0.517. The van der Waals surface area contributed by atoms with Crippen LogP contribution in [0.2, 0.25) is 0 Å². The Kier molecular flexibility index (Phi) is 9.35. The molecule has 1 aromatic carbocycles. The summed E-state index contributed by atoms with van der Waals surface area (Å²) in [5.41, 5.74) is 1.10. The predicted molar refractivity (Wildman–Crippen MR) is 91.8 cm³/mol. The van der Waals surface area contributed by atoms with E-state index in [1.807, 2.05) is 37.3 Å². The fourth-order valence-electron chi connectivity index (χ4n) is 1.93. The molecule has 0 aromatic heterocycles. The summed E-state index contributed by atoms with van der Waals surface area (Å²) in [4.78, 5) is 0. The van der Waals surface area contributed by atoms with E-state index in [4.69, 9.17) is 14.2 Å². The molecule has 1 atom stereocenters. The summed E-state index contributed by atoms with van der Waals surface area (Å²) in [6.45, 7) is 8.99. The molecule has 124 valence electrons. The van der Waals surface area contributed by atoms with Gasteiger partial charge in [0.15, 0.2) is 11.5 Å². The van der Waals surface area contributed by atoms with Gasteiger partial charge >= 0.3 is 0 Å². The molecular formula is C18H29NO3. The Balaban J connectivity index is 2.27. The van der Waals surface area contributed by atoms with Crippen molar-refractivity contribution < 1.29 is 14.2 Å². The standard InChI is InChI=1S/C18H29NO3/c1-5-7-16-8-9-17(18(14-16)20-4)22-13-12-21-11-10-19-15(3)6-2/h5,7-9,14-15,19H,6,10-13H2,1-4H3/b7-5+/t15-/m0/s1. The van der Waals surface area contributed by atoms with E-state index < -0.39 is 0 Å². The second-order valence-electron chi connectivity index (χ2n) is 5.13. The fraction of sp³-hybridized carbons (Fsp3) is 0.556. The van der Waals surface area contributed by atoms with Crippen molar-refractivity contribution in [2.45, 2.75) is 33.2 Å². The molecule has 4 heteroatoms. The number of hydrogen-bond donors (Lipinski definition) is 1. The van der Waals surface area contributed by atoms with Gasteiger partial charge in [0.25, 0.3) is 0 Å². The molecule has 0 fully saturated rings. The van der Waals surface area contributed by atoms with Gasteiger partial charge in [-0.25, -0.2) is 0 Å². The highest BCUT2D eigenvalue weighted by molar-refractivity contribution is 5.55. The largest absolute Gasteiger partial charge is 0.493 e. The van der Waals surface area contributed by atoms with Crippen molar-refractivity contribution in [2.24, 2.45) is 0 Å². The predicted octanol–water partition coefficient (Wildman–Crippen LogP) is 3.51. The highest BCUT2D eigenvalue weighted by atomic mass is 16.5. The van der Waals surface area contributed by atoms with Gasteiger partial charge in [0.05, 0.1) is 20.3 Å². The SMILES string of the molecule is C/C=C/c1ccc(OCCOCCN[C@@H](C)CC)c(OC)c1.